The zero-order chi connectivity index (χ0) is 13.0. The molecule has 1 aromatic heterocycles. The SMILES string of the molecule is COc1cccc(CNc2ccc(O)c(C)c2)n1. The molecule has 2 N–H and O–H groups in total. The molecule has 94 valence electrons. The van der Waals surface area contributed by atoms with Crippen molar-refractivity contribution in [2.24, 2.45) is 0 Å². The van der Waals surface area contributed by atoms with E-state index in [0.29, 0.717) is 18.2 Å². The highest BCUT2D eigenvalue weighted by molar-refractivity contribution is 5.50. The van der Waals surface area contributed by atoms with Crippen molar-refractivity contribution in [1.29, 1.82) is 0 Å². The normalized spacial score (nSPS) is 10.1. The molecule has 0 unspecified atom stereocenters. The molecule has 2 aromatic rings. The molecule has 0 aliphatic heterocycles. The number of phenolic OH excluding ortho intramolecular Hbond substituents is 1. The fourth-order valence-corrected chi connectivity index (χ4v) is 1.63. The standard InChI is InChI=1S/C14H16N2O2/c1-10-8-11(6-7-13(10)17)15-9-12-4-3-5-14(16-12)18-2/h3-8,15,17H,9H2,1-2H3. The number of rotatable bonds is 4. The average Bonchev–Trinajstić information content (AvgIpc) is 2.40. The van der Waals surface area contributed by atoms with Crippen LogP contribution in [0.3, 0.4) is 0 Å². The first-order chi connectivity index (χ1) is 8.69. The van der Waals surface area contributed by atoms with Crippen molar-refractivity contribution in [3.8, 4) is 11.6 Å². The number of pyridine rings is 1. The smallest absolute Gasteiger partial charge is 0.213 e. The maximum Gasteiger partial charge on any atom is 0.213 e. The Balaban J connectivity index is 2.04. The molecule has 0 bridgehead atoms. The van der Waals surface area contributed by atoms with Gasteiger partial charge in [-0.15, -0.1) is 0 Å². The highest BCUT2D eigenvalue weighted by Crippen LogP contribution is 2.20. The monoisotopic (exact) mass is 244 g/mol. The van der Waals surface area contributed by atoms with Crippen LogP contribution < -0.4 is 10.1 Å². The van der Waals surface area contributed by atoms with Crippen LogP contribution in [-0.4, -0.2) is 17.2 Å². The lowest BCUT2D eigenvalue weighted by Gasteiger charge is -2.08. The van der Waals surface area contributed by atoms with E-state index < -0.39 is 0 Å². The third-order valence-electron chi connectivity index (χ3n) is 2.66. The molecule has 1 heterocycles. The molecule has 0 spiro atoms. The molecule has 0 aliphatic carbocycles. The Kier molecular flexibility index (Phi) is 3.67. The Labute approximate surface area is 106 Å². The second-order valence-electron chi connectivity index (χ2n) is 4.03. The van der Waals surface area contributed by atoms with Crippen LogP contribution in [0.2, 0.25) is 0 Å². The Morgan fingerprint density at radius 1 is 1.28 bits per heavy atom. The van der Waals surface area contributed by atoms with E-state index in [9.17, 15) is 5.11 Å². The molecule has 0 amide bonds. The molecule has 4 nitrogen and oxygen atoms in total. The number of anilines is 1. The number of nitrogens with zero attached hydrogens (tertiary/aromatic N) is 1. The Bertz CT molecular complexity index is 541. The van der Waals surface area contributed by atoms with Gasteiger partial charge in [0.1, 0.15) is 5.75 Å². The molecule has 18 heavy (non-hydrogen) atoms. The van der Waals surface area contributed by atoms with Crippen LogP contribution in [-0.2, 0) is 6.54 Å². The van der Waals surface area contributed by atoms with E-state index in [1.165, 1.54) is 0 Å². The molecule has 2 rings (SSSR count). The minimum atomic E-state index is 0.306. The molecular weight excluding hydrogens is 228 g/mol. The summed E-state index contributed by atoms with van der Waals surface area (Å²) in [7, 11) is 1.60. The fourth-order valence-electron chi connectivity index (χ4n) is 1.63. The van der Waals surface area contributed by atoms with E-state index in [2.05, 4.69) is 10.3 Å². The number of aryl methyl sites for hydroxylation is 1. The lowest BCUT2D eigenvalue weighted by atomic mass is 10.2. The molecule has 0 saturated heterocycles. The first-order valence-electron chi connectivity index (χ1n) is 5.72. The Morgan fingerprint density at radius 2 is 2.11 bits per heavy atom. The van der Waals surface area contributed by atoms with E-state index in [0.717, 1.165) is 16.9 Å². The Morgan fingerprint density at radius 3 is 2.83 bits per heavy atom. The van der Waals surface area contributed by atoms with Crippen molar-refractivity contribution < 1.29 is 9.84 Å². The number of hydrogen-bond donors (Lipinski definition) is 2. The number of ether oxygens (including phenoxy) is 1. The average molecular weight is 244 g/mol. The van der Waals surface area contributed by atoms with Crippen LogP contribution in [0, 0.1) is 6.92 Å². The highest BCUT2D eigenvalue weighted by Gasteiger charge is 2.00. The van der Waals surface area contributed by atoms with Crippen molar-refractivity contribution in [2.75, 3.05) is 12.4 Å². The summed E-state index contributed by atoms with van der Waals surface area (Å²) in [5, 5.41) is 12.7. The van der Waals surface area contributed by atoms with Gasteiger partial charge >= 0.3 is 0 Å². The van der Waals surface area contributed by atoms with Crippen LogP contribution in [0.15, 0.2) is 36.4 Å². The molecule has 0 radical (unpaired) electrons. The molecular formula is C14H16N2O2. The van der Waals surface area contributed by atoms with Gasteiger partial charge in [0.2, 0.25) is 5.88 Å². The number of phenols is 1. The summed E-state index contributed by atoms with van der Waals surface area (Å²) < 4.78 is 5.07. The maximum absolute atomic E-state index is 9.44. The van der Waals surface area contributed by atoms with Gasteiger partial charge in [-0.1, -0.05) is 6.07 Å². The number of aromatic hydroxyl groups is 1. The molecule has 4 heteroatoms. The lowest BCUT2D eigenvalue weighted by Crippen LogP contribution is -2.02. The van der Waals surface area contributed by atoms with Gasteiger partial charge in [-0.25, -0.2) is 4.98 Å². The van der Waals surface area contributed by atoms with Gasteiger partial charge in [0.15, 0.2) is 0 Å². The lowest BCUT2D eigenvalue weighted by molar-refractivity contribution is 0.396. The zero-order valence-electron chi connectivity index (χ0n) is 10.5. The quantitative estimate of drug-likeness (QED) is 0.812. The molecule has 0 aliphatic rings. The third kappa shape index (κ3) is 2.91. The molecule has 0 saturated carbocycles. The highest BCUT2D eigenvalue weighted by atomic mass is 16.5. The Hall–Kier alpha value is -2.23. The van der Waals surface area contributed by atoms with Crippen molar-refractivity contribution in [1.82, 2.24) is 4.98 Å². The second kappa shape index (κ2) is 5.40. The van der Waals surface area contributed by atoms with E-state index in [1.807, 2.05) is 37.3 Å². The minimum Gasteiger partial charge on any atom is -0.508 e. The maximum atomic E-state index is 9.44. The first kappa shape index (κ1) is 12.2. The van der Waals surface area contributed by atoms with Crippen LogP contribution in [0.4, 0.5) is 5.69 Å². The van der Waals surface area contributed by atoms with Gasteiger partial charge in [0.05, 0.1) is 19.3 Å². The summed E-state index contributed by atoms with van der Waals surface area (Å²) in [6.07, 6.45) is 0. The van der Waals surface area contributed by atoms with Gasteiger partial charge in [0, 0.05) is 11.8 Å². The van der Waals surface area contributed by atoms with Crippen molar-refractivity contribution in [3.63, 3.8) is 0 Å². The largest absolute Gasteiger partial charge is 0.508 e. The summed E-state index contributed by atoms with van der Waals surface area (Å²) in [6, 6.07) is 11.1. The molecule has 1 aromatic carbocycles. The van der Waals surface area contributed by atoms with E-state index in [4.69, 9.17) is 4.74 Å². The summed E-state index contributed by atoms with van der Waals surface area (Å²) in [5.41, 5.74) is 2.70. The topological polar surface area (TPSA) is 54.4 Å². The predicted octanol–water partition coefficient (Wildman–Crippen LogP) is 2.72. The number of nitrogens with one attached hydrogen (secondary N) is 1. The molecule has 0 atom stereocenters. The van der Waals surface area contributed by atoms with E-state index in [-0.39, 0.29) is 0 Å². The van der Waals surface area contributed by atoms with Crippen molar-refractivity contribution >= 4 is 5.69 Å². The minimum absolute atomic E-state index is 0.306. The second-order valence-corrected chi connectivity index (χ2v) is 4.03. The predicted molar refractivity (Wildman–Crippen MR) is 71.0 cm³/mol. The van der Waals surface area contributed by atoms with Crippen LogP contribution in [0.1, 0.15) is 11.3 Å². The molecule has 0 fully saturated rings. The van der Waals surface area contributed by atoms with Crippen molar-refractivity contribution in [3.05, 3.63) is 47.7 Å². The third-order valence-corrected chi connectivity index (χ3v) is 2.66. The van der Waals surface area contributed by atoms with Crippen LogP contribution in [0.5, 0.6) is 11.6 Å². The number of methoxy groups -OCH3 is 1. The fraction of sp³-hybridized carbons (Fsp3) is 0.214. The van der Waals surface area contributed by atoms with Gasteiger partial charge < -0.3 is 15.2 Å². The first-order valence-corrected chi connectivity index (χ1v) is 5.72. The van der Waals surface area contributed by atoms with Crippen molar-refractivity contribution in [2.45, 2.75) is 13.5 Å². The number of hydrogen-bond acceptors (Lipinski definition) is 4. The zero-order valence-corrected chi connectivity index (χ0v) is 10.5. The van der Waals surface area contributed by atoms with Gasteiger partial charge in [-0.3, -0.25) is 0 Å². The van der Waals surface area contributed by atoms with Crippen LogP contribution in [0.25, 0.3) is 0 Å². The van der Waals surface area contributed by atoms with Gasteiger partial charge in [-0.2, -0.15) is 0 Å². The summed E-state index contributed by atoms with van der Waals surface area (Å²) in [4.78, 5) is 4.31. The van der Waals surface area contributed by atoms with Gasteiger partial charge in [0.25, 0.3) is 0 Å². The van der Waals surface area contributed by atoms with Gasteiger partial charge in [-0.05, 0) is 36.8 Å². The van der Waals surface area contributed by atoms with Crippen LogP contribution >= 0.6 is 0 Å². The summed E-state index contributed by atoms with van der Waals surface area (Å²) in [5.74, 6) is 0.913. The summed E-state index contributed by atoms with van der Waals surface area (Å²) >= 11 is 0. The van der Waals surface area contributed by atoms with E-state index in [1.54, 1.807) is 13.2 Å². The summed E-state index contributed by atoms with van der Waals surface area (Å²) in [6.45, 7) is 2.48. The number of benzene rings is 1. The number of aromatic nitrogens is 1. The van der Waals surface area contributed by atoms with E-state index >= 15 is 0 Å².